The molecule has 4 heteroatoms. The zero-order chi connectivity index (χ0) is 25.8. The second-order valence-corrected chi connectivity index (χ2v) is 15.2. The molecule has 4 saturated carbocycles. The molecule has 4 unspecified atom stereocenters. The van der Waals surface area contributed by atoms with Crippen molar-refractivity contribution in [2.75, 3.05) is 32.8 Å². The van der Waals surface area contributed by atoms with Crippen molar-refractivity contribution in [3.8, 4) is 0 Å². The Balaban J connectivity index is 1.24. The van der Waals surface area contributed by atoms with Gasteiger partial charge in [-0.3, -0.25) is 14.6 Å². The lowest BCUT2D eigenvalue weighted by Gasteiger charge is -2.62. The predicted molar refractivity (Wildman–Crippen MR) is 151 cm³/mol. The summed E-state index contributed by atoms with van der Waals surface area (Å²) in [5.41, 5.74) is 0.354. The minimum absolute atomic E-state index is 0.0592. The summed E-state index contributed by atoms with van der Waals surface area (Å²) in [4.78, 5) is 19.4. The van der Waals surface area contributed by atoms with Gasteiger partial charge in [0.2, 0.25) is 0 Å². The van der Waals surface area contributed by atoms with Crippen molar-refractivity contribution < 1.29 is 9.53 Å². The SMILES string of the molecule is CC(C)COC1CC2CC[C@@H]3[C@@H](CC[C@]4(C)C(=O)C(N5CCCCC5)C[C@@H]34)[C@@]2(C)CC1N1CCCCC1. The van der Waals surface area contributed by atoms with Crippen LogP contribution in [-0.4, -0.2) is 66.6 Å². The van der Waals surface area contributed by atoms with Gasteiger partial charge in [0.1, 0.15) is 0 Å². The Labute approximate surface area is 227 Å². The van der Waals surface area contributed by atoms with Gasteiger partial charge in [-0.15, -0.1) is 0 Å². The van der Waals surface area contributed by atoms with E-state index in [9.17, 15) is 4.79 Å². The Bertz CT molecular complexity index is 817. The number of likely N-dealkylation sites (tertiary alicyclic amines) is 2. The monoisotopic (exact) mass is 512 g/mol. The average molecular weight is 513 g/mol. The molecule has 6 fully saturated rings. The highest BCUT2D eigenvalue weighted by atomic mass is 16.5. The van der Waals surface area contributed by atoms with Crippen LogP contribution in [0.2, 0.25) is 0 Å². The van der Waals surface area contributed by atoms with E-state index in [0.717, 1.165) is 50.3 Å². The maximum atomic E-state index is 14.0. The second kappa shape index (κ2) is 10.5. The molecule has 6 aliphatic rings. The number of rotatable bonds is 5. The summed E-state index contributed by atoms with van der Waals surface area (Å²) in [5, 5.41) is 0. The molecular formula is C33H56N2O2. The summed E-state index contributed by atoms with van der Waals surface area (Å²) in [6, 6.07) is 0.819. The lowest BCUT2D eigenvalue weighted by molar-refractivity contribution is -0.163. The molecule has 2 aliphatic heterocycles. The minimum Gasteiger partial charge on any atom is -0.376 e. The number of ether oxygens (including phenoxy) is 1. The van der Waals surface area contributed by atoms with Crippen molar-refractivity contribution in [1.29, 1.82) is 0 Å². The first-order valence-electron chi connectivity index (χ1n) is 16.5. The zero-order valence-electron chi connectivity index (χ0n) is 24.6. The first-order valence-corrected chi connectivity index (χ1v) is 16.5. The summed E-state index contributed by atoms with van der Waals surface area (Å²) < 4.78 is 6.73. The quantitative estimate of drug-likeness (QED) is 0.417. The van der Waals surface area contributed by atoms with Gasteiger partial charge in [0, 0.05) is 18.1 Å². The molecule has 0 amide bonds. The summed E-state index contributed by atoms with van der Waals surface area (Å²) in [6.07, 6.45) is 17.4. The van der Waals surface area contributed by atoms with E-state index in [1.165, 1.54) is 83.7 Å². The van der Waals surface area contributed by atoms with E-state index in [-0.39, 0.29) is 11.5 Å². The van der Waals surface area contributed by atoms with E-state index in [0.29, 0.717) is 35.2 Å². The third-order valence-electron chi connectivity index (χ3n) is 12.7. The highest BCUT2D eigenvalue weighted by Gasteiger charge is 2.64. The van der Waals surface area contributed by atoms with Crippen LogP contribution in [0.1, 0.15) is 111 Å². The zero-order valence-corrected chi connectivity index (χ0v) is 24.6. The van der Waals surface area contributed by atoms with Crippen molar-refractivity contribution >= 4 is 5.78 Å². The molecule has 0 spiro atoms. The molecule has 2 saturated heterocycles. The standard InChI is InChI=1S/C33H56N2O2/c1-23(2)22-37-30-19-24-11-12-25-26(33(24,4)21-29(30)35-17-9-6-10-18-35)13-14-32(3)27(25)20-28(31(32)36)34-15-7-5-8-16-34/h23-30H,5-22H2,1-4H3/t24?,25-,26-,27+,28?,29?,30?,32+,33+/m1/s1. The number of Topliss-reactive ketones (excluding diaryl/α,β-unsaturated/α-hetero) is 1. The lowest BCUT2D eigenvalue weighted by atomic mass is 9.44. The molecule has 2 heterocycles. The summed E-state index contributed by atoms with van der Waals surface area (Å²) in [7, 11) is 0. The highest BCUT2D eigenvalue weighted by molar-refractivity contribution is 5.92. The van der Waals surface area contributed by atoms with Gasteiger partial charge in [-0.05, 0) is 132 Å². The molecule has 210 valence electrons. The van der Waals surface area contributed by atoms with Crippen molar-refractivity contribution in [1.82, 2.24) is 9.80 Å². The van der Waals surface area contributed by atoms with Crippen LogP contribution in [0.3, 0.4) is 0 Å². The molecule has 0 aromatic rings. The Morgan fingerprint density at radius 1 is 0.865 bits per heavy atom. The number of hydrogen-bond donors (Lipinski definition) is 0. The first kappa shape index (κ1) is 26.8. The number of carbonyl (C=O) groups excluding carboxylic acids is 1. The van der Waals surface area contributed by atoms with Crippen LogP contribution in [0.15, 0.2) is 0 Å². The summed E-state index contributed by atoms with van der Waals surface area (Å²) in [5.74, 6) is 4.21. The number of hydrogen-bond acceptors (Lipinski definition) is 4. The second-order valence-electron chi connectivity index (χ2n) is 15.2. The van der Waals surface area contributed by atoms with Crippen molar-refractivity contribution in [2.24, 2.45) is 40.4 Å². The number of fused-ring (bicyclic) bond motifs is 5. The Morgan fingerprint density at radius 2 is 1.54 bits per heavy atom. The summed E-state index contributed by atoms with van der Waals surface area (Å²) >= 11 is 0. The molecule has 37 heavy (non-hydrogen) atoms. The molecule has 0 bridgehead atoms. The molecule has 0 aromatic carbocycles. The smallest absolute Gasteiger partial charge is 0.156 e. The third kappa shape index (κ3) is 4.67. The molecule has 4 aliphatic carbocycles. The highest BCUT2D eigenvalue weighted by Crippen LogP contribution is 2.66. The van der Waals surface area contributed by atoms with E-state index in [1.807, 2.05) is 0 Å². The largest absolute Gasteiger partial charge is 0.376 e. The maximum Gasteiger partial charge on any atom is 0.156 e. The fraction of sp³-hybridized carbons (Fsp3) is 0.970. The van der Waals surface area contributed by atoms with Crippen molar-refractivity contribution in [2.45, 2.75) is 129 Å². The predicted octanol–water partition coefficient (Wildman–Crippen LogP) is 6.57. The van der Waals surface area contributed by atoms with Crippen molar-refractivity contribution in [3.63, 3.8) is 0 Å². The maximum absolute atomic E-state index is 14.0. The third-order valence-corrected chi connectivity index (χ3v) is 12.7. The average Bonchev–Trinajstić information content (AvgIpc) is 3.18. The number of carbonyl (C=O) groups is 1. The number of nitrogens with zero attached hydrogens (tertiary/aromatic N) is 2. The van der Waals surface area contributed by atoms with Crippen LogP contribution >= 0.6 is 0 Å². The van der Waals surface area contributed by atoms with Gasteiger partial charge in [0.25, 0.3) is 0 Å². The molecule has 6 rings (SSSR count). The van der Waals surface area contributed by atoms with E-state index in [4.69, 9.17) is 4.74 Å². The van der Waals surface area contributed by atoms with E-state index < -0.39 is 0 Å². The molecular weight excluding hydrogens is 456 g/mol. The normalized spacial score (nSPS) is 47.5. The van der Waals surface area contributed by atoms with Gasteiger partial charge in [-0.1, -0.05) is 40.5 Å². The van der Waals surface area contributed by atoms with Gasteiger partial charge in [0.05, 0.1) is 12.1 Å². The molecule has 9 atom stereocenters. The van der Waals surface area contributed by atoms with Gasteiger partial charge in [0.15, 0.2) is 5.78 Å². The fourth-order valence-electron chi connectivity index (χ4n) is 10.7. The number of ketones is 1. The van der Waals surface area contributed by atoms with Gasteiger partial charge >= 0.3 is 0 Å². The molecule has 0 radical (unpaired) electrons. The van der Waals surface area contributed by atoms with E-state index >= 15 is 0 Å². The van der Waals surface area contributed by atoms with Gasteiger partial charge in [-0.25, -0.2) is 0 Å². The Kier molecular flexibility index (Phi) is 7.60. The lowest BCUT2D eigenvalue weighted by Crippen LogP contribution is -2.60. The van der Waals surface area contributed by atoms with E-state index in [2.05, 4.69) is 37.5 Å². The molecule has 0 aromatic heterocycles. The van der Waals surface area contributed by atoms with Crippen LogP contribution in [0.25, 0.3) is 0 Å². The Hall–Kier alpha value is -0.450. The molecule has 0 N–H and O–H groups in total. The van der Waals surface area contributed by atoms with Crippen LogP contribution in [-0.2, 0) is 9.53 Å². The van der Waals surface area contributed by atoms with Crippen molar-refractivity contribution in [3.05, 3.63) is 0 Å². The summed E-state index contributed by atoms with van der Waals surface area (Å²) in [6.45, 7) is 15.4. The molecule has 4 nitrogen and oxygen atoms in total. The topological polar surface area (TPSA) is 32.8 Å². The van der Waals surface area contributed by atoms with Crippen LogP contribution in [0.4, 0.5) is 0 Å². The van der Waals surface area contributed by atoms with Gasteiger partial charge < -0.3 is 4.74 Å². The Morgan fingerprint density at radius 3 is 2.22 bits per heavy atom. The minimum atomic E-state index is -0.0592. The fourth-order valence-corrected chi connectivity index (χ4v) is 10.7. The van der Waals surface area contributed by atoms with Crippen LogP contribution < -0.4 is 0 Å². The number of piperidine rings is 2. The van der Waals surface area contributed by atoms with E-state index in [1.54, 1.807) is 0 Å². The first-order chi connectivity index (χ1) is 17.8. The van der Waals surface area contributed by atoms with Gasteiger partial charge in [-0.2, -0.15) is 0 Å². The van der Waals surface area contributed by atoms with Crippen LogP contribution in [0.5, 0.6) is 0 Å². The van der Waals surface area contributed by atoms with Crippen LogP contribution in [0, 0.1) is 40.4 Å².